The Morgan fingerprint density at radius 3 is 2.53 bits per heavy atom. The average Bonchev–Trinajstić information content (AvgIpc) is 2.46. The largest absolute Gasteiger partial charge is 0.497 e. The lowest BCUT2D eigenvalue weighted by Crippen LogP contribution is -2.05. The fourth-order valence-electron chi connectivity index (χ4n) is 1.86. The van der Waals surface area contributed by atoms with E-state index in [1.807, 2.05) is 25.1 Å². The van der Waals surface area contributed by atoms with Crippen molar-refractivity contribution in [3.05, 3.63) is 47.4 Å². The van der Waals surface area contributed by atoms with Crippen LogP contribution in [0.15, 0.2) is 30.6 Å². The summed E-state index contributed by atoms with van der Waals surface area (Å²) in [5, 5.41) is 10.4. The lowest BCUT2D eigenvalue weighted by atomic mass is 10.0. The van der Waals surface area contributed by atoms with Gasteiger partial charge in [-0.15, -0.1) is 0 Å². The zero-order valence-electron chi connectivity index (χ0n) is 11.1. The van der Waals surface area contributed by atoms with Gasteiger partial charge in [0.25, 0.3) is 0 Å². The molecule has 1 heterocycles. The minimum absolute atomic E-state index is 0.426. The average molecular weight is 260 g/mol. The van der Waals surface area contributed by atoms with Crippen LogP contribution in [0.2, 0.25) is 0 Å². The van der Waals surface area contributed by atoms with Crippen molar-refractivity contribution in [1.29, 1.82) is 0 Å². The molecular weight excluding hydrogens is 244 g/mol. The van der Waals surface area contributed by atoms with E-state index in [-0.39, 0.29) is 0 Å². The van der Waals surface area contributed by atoms with Crippen molar-refractivity contribution in [3.8, 4) is 11.6 Å². The molecule has 0 radical (unpaired) electrons. The number of aliphatic hydroxyl groups excluding tert-OH is 1. The standard InChI is InChI=1S/C14H16N2O3/c1-9-6-10(18-2)4-5-11(9)14(17)12-7-13(19-3)16-8-15-12/h4-8,14,17H,1-3H3. The predicted molar refractivity (Wildman–Crippen MR) is 70.4 cm³/mol. The van der Waals surface area contributed by atoms with Gasteiger partial charge in [-0.2, -0.15) is 0 Å². The first-order valence-corrected chi connectivity index (χ1v) is 5.84. The quantitative estimate of drug-likeness (QED) is 0.909. The molecule has 1 aromatic carbocycles. The maximum Gasteiger partial charge on any atom is 0.216 e. The fourth-order valence-corrected chi connectivity index (χ4v) is 1.86. The Kier molecular flexibility index (Phi) is 3.97. The van der Waals surface area contributed by atoms with Crippen LogP contribution in [0.5, 0.6) is 11.6 Å². The molecule has 1 unspecified atom stereocenters. The molecule has 0 amide bonds. The van der Waals surface area contributed by atoms with Crippen molar-refractivity contribution >= 4 is 0 Å². The molecule has 0 saturated carbocycles. The molecule has 100 valence electrons. The van der Waals surface area contributed by atoms with Gasteiger partial charge in [0.2, 0.25) is 5.88 Å². The minimum Gasteiger partial charge on any atom is -0.497 e. The Hall–Kier alpha value is -2.14. The van der Waals surface area contributed by atoms with E-state index >= 15 is 0 Å². The molecule has 0 aliphatic carbocycles. The van der Waals surface area contributed by atoms with Crippen LogP contribution in [0.1, 0.15) is 22.9 Å². The first kappa shape index (κ1) is 13.3. The van der Waals surface area contributed by atoms with Gasteiger partial charge in [-0.05, 0) is 30.2 Å². The highest BCUT2D eigenvalue weighted by Gasteiger charge is 2.15. The second kappa shape index (κ2) is 5.67. The monoisotopic (exact) mass is 260 g/mol. The van der Waals surface area contributed by atoms with E-state index in [0.717, 1.165) is 16.9 Å². The van der Waals surface area contributed by atoms with Crippen LogP contribution in [0.4, 0.5) is 0 Å². The first-order valence-electron chi connectivity index (χ1n) is 5.84. The second-order valence-electron chi connectivity index (χ2n) is 4.11. The molecule has 19 heavy (non-hydrogen) atoms. The highest BCUT2D eigenvalue weighted by atomic mass is 16.5. The maximum absolute atomic E-state index is 10.4. The number of hydrogen-bond donors (Lipinski definition) is 1. The molecule has 0 aliphatic rings. The molecule has 1 aromatic heterocycles. The number of aryl methyl sites for hydroxylation is 1. The molecule has 0 spiro atoms. The zero-order chi connectivity index (χ0) is 13.8. The van der Waals surface area contributed by atoms with Crippen LogP contribution in [0, 0.1) is 6.92 Å². The van der Waals surface area contributed by atoms with E-state index in [4.69, 9.17) is 9.47 Å². The highest BCUT2D eigenvalue weighted by Crippen LogP contribution is 2.27. The number of nitrogens with zero attached hydrogens (tertiary/aromatic N) is 2. The summed E-state index contributed by atoms with van der Waals surface area (Å²) in [5.74, 6) is 1.18. The third-order valence-corrected chi connectivity index (χ3v) is 2.92. The molecule has 2 rings (SSSR count). The summed E-state index contributed by atoms with van der Waals surface area (Å²) in [7, 11) is 3.14. The van der Waals surface area contributed by atoms with Gasteiger partial charge < -0.3 is 14.6 Å². The van der Waals surface area contributed by atoms with Crippen molar-refractivity contribution in [2.75, 3.05) is 14.2 Å². The molecule has 1 atom stereocenters. The Morgan fingerprint density at radius 1 is 1.11 bits per heavy atom. The SMILES string of the molecule is COc1ccc(C(O)c2cc(OC)ncn2)c(C)c1. The number of benzene rings is 1. The molecular formula is C14H16N2O3. The lowest BCUT2D eigenvalue weighted by Gasteiger charge is -2.14. The van der Waals surface area contributed by atoms with Crippen LogP contribution >= 0.6 is 0 Å². The van der Waals surface area contributed by atoms with Crippen molar-refractivity contribution in [2.45, 2.75) is 13.0 Å². The topological polar surface area (TPSA) is 64.5 Å². The summed E-state index contributed by atoms with van der Waals surface area (Å²) < 4.78 is 10.2. The predicted octanol–water partition coefficient (Wildman–Crippen LogP) is 1.88. The fraction of sp³-hybridized carbons (Fsp3) is 0.286. The summed E-state index contributed by atoms with van der Waals surface area (Å²) in [6.45, 7) is 1.92. The molecule has 0 bridgehead atoms. The number of methoxy groups -OCH3 is 2. The number of aromatic nitrogens is 2. The molecule has 0 fully saturated rings. The van der Waals surface area contributed by atoms with E-state index in [1.165, 1.54) is 13.4 Å². The molecule has 5 heteroatoms. The summed E-state index contributed by atoms with van der Waals surface area (Å²) in [5.41, 5.74) is 2.21. The van der Waals surface area contributed by atoms with Gasteiger partial charge in [0.1, 0.15) is 18.2 Å². The zero-order valence-corrected chi connectivity index (χ0v) is 11.1. The summed E-state index contributed by atoms with van der Waals surface area (Å²) in [4.78, 5) is 7.99. The Morgan fingerprint density at radius 2 is 1.89 bits per heavy atom. The normalized spacial score (nSPS) is 12.0. The smallest absolute Gasteiger partial charge is 0.216 e. The maximum atomic E-state index is 10.4. The van der Waals surface area contributed by atoms with Crippen LogP contribution < -0.4 is 9.47 Å². The van der Waals surface area contributed by atoms with E-state index < -0.39 is 6.10 Å². The van der Waals surface area contributed by atoms with Gasteiger partial charge in [0, 0.05) is 6.07 Å². The number of ether oxygens (including phenoxy) is 2. The summed E-state index contributed by atoms with van der Waals surface area (Å²) >= 11 is 0. The first-order chi connectivity index (χ1) is 9.15. The van der Waals surface area contributed by atoms with Crippen molar-refractivity contribution < 1.29 is 14.6 Å². The second-order valence-corrected chi connectivity index (χ2v) is 4.11. The van der Waals surface area contributed by atoms with Gasteiger partial charge in [-0.1, -0.05) is 6.07 Å². The number of aliphatic hydroxyl groups is 1. The van der Waals surface area contributed by atoms with E-state index in [2.05, 4.69) is 9.97 Å². The molecule has 0 saturated heterocycles. The highest BCUT2D eigenvalue weighted by molar-refractivity contribution is 5.39. The lowest BCUT2D eigenvalue weighted by molar-refractivity contribution is 0.213. The Labute approximate surface area is 111 Å². The van der Waals surface area contributed by atoms with Gasteiger partial charge in [0.05, 0.1) is 19.9 Å². The number of rotatable bonds is 4. The van der Waals surface area contributed by atoms with Gasteiger partial charge in [0.15, 0.2) is 0 Å². The molecule has 5 nitrogen and oxygen atoms in total. The van der Waals surface area contributed by atoms with E-state index in [0.29, 0.717) is 11.6 Å². The van der Waals surface area contributed by atoms with Gasteiger partial charge >= 0.3 is 0 Å². The molecule has 0 aliphatic heterocycles. The van der Waals surface area contributed by atoms with Gasteiger partial charge in [-0.25, -0.2) is 9.97 Å². The Balaban J connectivity index is 2.35. The third kappa shape index (κ3) is 2.82. The minimum atomic E-state index is -0.817. The van der Waals surface area contributed by atoms with Gasteiger partial charge in [-0.3, -0.25) is 0 Å². The van der Waals surface area contributed by atoms with Crippen LogP contribution in [-0.2, 0) is 0 Å². The summed E-state index contributed by atoms with van der Waals surface area (Å²) in [6.07, 6.45) is 0.554. The van der Waals surface area contributed by atoms with Crippen molar-refractivity contribution in [3.63, 3.8) is 0 Å². The van der Waals surface area contributed by atoms with Crippen LogP contribution in [-0.4, -0.2) is 29.3 Å². The molecule has 1 N–H and O–H groups in total. The number of hydrogen-bond acceptors (Lipinski definition) is 5. The van der Waals surface area contributed by atoms with Crippen molar-refractivity contribution in [2.24, 2.45) is 0 Å². The van der Waals surface area contributed by atoms with Crippen molar-refractivity contribution in [1.82, 2.24) is 9.97 Å². The summed E-state index contributed by atoms with van der Waals surface area (Å²) in [6, 6.07) is 7.13. The Bertz CT molecular complexity index is 572. The third-order valence-electron chi connectivity index (χ3n) is 2.92. The molecule has 2 aromatic rings. The van der Waals surface area contributed by atoms with E-state index in [1.54, 1.807) is 13.2 Å². The van der Waals surface area contributed by atoms with Crippen LogP contribution in [0.25, 0.3) is 0 Å². The van der Waals surface area contributed by atoms with Crippen LogP contribution in [0.3, 0.4) is 0 Å². The van der Waals surface area contributed by atoms with E-state index in [9.17, 15) is 5.11 Å².